The maximum Gasteiger partial charge on any atom is 0.261 e. The second-order valence-electron chi connectivity index (χ2n) is 5.14. The Bertz CT molecular complexity index is 598. The van der Waals surface area contributed by atoms with Gasteiger partial charge < -0.3 is 11.1 Å². The zero-order valence-corrected chi connectivity index (χ0v) is 12.2. The van der Waals surface area contributed by atoms with E-state index in [1.807, 2.05) is 6.92 Å². The zero-order chi connectivity index (χ0) is 15.6. The van der Waals surface area contributed by atoms with Gasteiger partial charge in [-0.1, -0.05) is 13.3 Å². The molecule has 1 aromatic rings. The molecule has 0 saturated heterocycles. The summed E-state index contributed by atoms with van der Waals surface area (Å²) in [5, 5.41) is 2.76. The SMILES string of the molecule is CCCC(CN)C(=O)Nc1ccc2c(c1)C(=O)N(C)C2=O. The summed E-state index contributed by atoms with van der Waals surface area (Å²) in [5.41, 5.74) is 6.78. The number of anilines is 1. The van der Waals surface area contributed by atoms with Crippen molar-refractivity contribution in [1.29, 1.82) is 0 Å². The number of hydrogen-bond donors (Lipinski definition) is 2. The van der Waals surface area contributed by atoms with Gasteiger partial charge >= 0.3 is 0 Å². The van der Waals surface area contributed by atoms with E-state index in [1.54, 1.807) is 12.1 Å². The first kappa shape index (κ1) is 15.2. The van der Waals surface area contributed by atoms with Crippen LogP contribution in [0.2, 0.25) is 0 Å². The molecule has 0 spiro atoms. The standard InChI is InChI=1S/C15H19N3O3/c1-3-4-9(8-16)13(19)17-10-5-6-11-12(7-10)15(21)18(2)14(11)20/h5-7,9H,3-4,8,16H2,1-2H3,(H,17,19). The van der Waals surface area contributed by atoms with E-state index >= 15 is 0 Å². The molecule has 6 heteroatoms. The van der Waals surface area contributed by atoms with Crippen LogP contribution in [0.5, 0.6) is 0 Å². The molecule has 1 unspecified atom stereocenters. The van der Waals surface area contributed by atoms with Crippen LogP contribution in [0.3, 0.4) is 0 Å². The lowest BCUT2D eigenvalue weighted by atomic mass is 10.0. The third-order valence-electron chi connectivity index (χ3n) is 3.65. The summed E-state index contributed by atoms with van der Waals surface area (Å²) in [7, 11) is 1.44. The predicted molar refractivity (Wildman–Crippen MR) is 78.9 cm³/mol. The van der Waals surface area contributed by atoms with Crippen molar-refractivity contribution in [3.63, 3.8) is 0 Å². The first-order chi connectivity index (χ1) is 9.99. The van der Waals surface area contributed by atoms with Crippen LogP contribution in [0.4, 0.5) is 5.69 Å². The van der Waals surface area contributed by atoms with Crippen LogP contribution in [-0.2, 0) is 4.79 Å². The lowest BCUT2D eigenvalue weighted by Gasteiger charge is -2.14. The van der Waals surface area contributed by atoms with Gasteiger partial charge in [-0.05, 0) is 24.6 Å². The molecular weight excluding hydrogens is 270 g/mol. The number of carbonyl (C=O) groups excluding carboxylic acids is 3. The summed E-state index contributed by atoms with van der Waals surface area (Å²) in [6, 6.07) is 4.73. The number of rotatable bonds is 5. The van der Waals surface area contributed by atoms with Crippen LogP contribution in [0.1, 0.15) is 40.5 Å². The molecule has 0 fully saturated rings. The molecule has 6 nitrogen and oxygen atoms in total. The van der Waals surface area contributed by atoms with Crippen molar-refractivity contribution < 1.29 is 14.4 Å². The van der Waals surface area contributed by atoms with Gasteiger partial charge in [0, 0.05) is 19.3 Å². The molecule has 1 atom stereocenters. The number of nitrogens with two attached hydrogens (primary N) is 1. The molecule has 21 heavy (non-hydrogen) atoms. The van der Waals surface area contributed by atoms with Crippen LogP contribution in [-0.4, -0.2) is 36.2 Å². The van der Waals surface area contributed by atoms with Crippen molar-refractivity contribution in [2.45, 2.75) is 19.8 Å². The highest BCUT2D eigenvalue weighted by Gasteiger charge is 2.32. The third-order valence-corrected chi connectivity index (χ3v) is 3.65. The van der Waals surface area contributed by atoms with Crippen LogP contribution >= 0.6 is 0 Å². The largest absolute Gasteiger partial charge is 0.330 e. The summed E-state index contributed by atoms with van der Waals surface area (Å²) in [6.45, 7) is 2.27. The van der Waals surface area contributed by atoms with Crippen LogP contribution in [0, 0.1) is 5.92 Å². The Hall–Kier alpha value is -2.21. The second kappa shape index (κ2) is 6.05. The highest BCUT2D eigenvalue weighted by Crippen LogP contribution is 2.25. The molecule has 0 aliphatic carbocycles. The number of nitrogens with one attached hydrogen (secondary N) is 1. The third kappa shape index (κ3) is 2.80. The number of fused-ring (bicyclic) bond motifs is 1. The maximum absolute atomic E-state index is 12.1. The van der Waals surface area contributed by atoms with Crippen molar-refractivity contribution in [2.75, 3.05) is 18.9 Å². The van der Waals surface area contributed by atoms with E-state index in [-0.39, 0.29) is 30.2 Å². The van der Waals surface area contributed by atoms with Gasteiger partial charge in [-0.2, -0.15) is 0 Å². The lowest BCUT2D eigenvalue weighted by Crippen LogP contribution is -2.29. The average molecular weight is 289 g/mol. The van der Waals surface area contributed by atoms with E-state index in [1.165, 1.54) is 13.1 Å². The minimum atomic E-state index is -0.352. The molecule has 0 aromatic heterocycles. The van der Waals surface area contributed by atoms with Crippen molar-refractivity contribution in [2.24, 2.45) is 11.7 Å². The molecule has 0 radical (unpaired) electrons. The first-order valence-corrected chi connectivity index (χ1v) is 6.97. The van der Waals surface area contributed by atoms with Gasteiger partial charge in [0.2, 0.25) is 5.91 Å². The van der Waals surface area contributed by atoms with E-state index in [0.717, 1.165) is 11.3 Å². The summed E-state index contributed by atoms with van der Waals surface area (Å²) >= 11 is 0. The normalized spacial score (nSPS) is 15.1. The predicted octanol–water partition coefficient (Wildman–Crippen LogP) is 1.23. The summed E-state index contributed by atoms with van der Waals surface area (Å²) in [4.78, 5) is 36.8. The minimum absolute atomic E-state index is 0.163. The Labute approximate surface area is 123 Å². The molecule has 1 aliphatic rings. The number of benzene rings is 1. The maximum atomic E-state index is 12.1. The molecule has 3 N–H and O–H groups in total. The molecular formula is C15H19N3O3. The topological polar surface area (TPSA) is 92.5 Å². The molecule has 2 rings (SSSR count). The van der Waals surface area contributed by atoms with Gasteiger partial charge in [-0.3, -0.25) is 19.3 Å². The van der Waals surface area contributed by atoms with Crippen molar-refractivity contribution in [3.8, 4) is 0 Å². The molecule has 0 saturated carbocycles. The van der Waals surface area contributed by atoms with Gasteiger partial charge in [-0.25, -0.2) is 0 Å². The van der Waals surface area contributed by atoms with Crippen molar-refractivity contribution in [3.05, 3.63) is 29.3 Å². The molecule has 1 heterocycles. The Morgan fingerprint density at radius 2 is 1.95 bits per heavy atom. The van der Waals surface area contributed by atoms with E-state index in [9.17, 15) is 14.4 Å². The highest BCUT2D eigenvalue weighted by atomic mass is 16.2. The Morgan fingerprint density at radius 1 is 1.29 bits per heavy atom. The monoisotopic (exact) mass is 289 g/mol. The fourth-order valence-corrected chi connectivity index (χ4v) is 2.39. The molecule has 1 aliphatic heterocycles. The number of carbonyl (C=O) groups is 3. The molecule has 0 bridgehead atoms. The first-order valence-electron chi connectivity index (χ1n) is 6.97. The van der Waals surface area contributed by atoms with Crippen molar-refractivity contribution in [1.82, 2.24) is 4.90 Å². The second-order valence-corrected chi connectivity index (χ2v) is 5.14. The minimum Gasteiger partial charge on any atom is -0.330 e. The number of amides is 3. The zero-order valence-electron chi connectivity index (χ0n) is 12.2. The molecule has 3 amide bonds. The quantitative estimate of drug-likeness (QED) is 0.797. The number of nitrogens with zero attached hydrogens (tertiary/aromatic N) is 1. The fraction of sp³-hybridized carbons (Fsp3) is 0.400. The number of imide groups is 1. The fourth-order valence-electron chi connectivity index (χ4n) is 2.39. The Kier molecular flexibility index (Phi) is 4.37. The summed E-state index contributed by atoms with van der Waals surface area (Å²) in [5.74, 6) is -1.08. The highest BCUT2D eigenvalue weighted by molar-refractivity contribution is 6.21. The Morgan fingerprint density at radius 3 is 2.57 bits per heavy atom. The Balaban J connectivity index is 2.19. The van der Waals surface area contributed by atoms with Crippen molar-refractivity contribution >= 4 is 23.4 Å². The number of hydrogen-bond acceptors (Lipinski definition) is 4. The average Bonchev–Trinajstić information content (AvgIpc) is 2.69. The van der Waals surface area contributed by atoms with Crippen LogP contribution in [0.15, 0.2) is 18.2 Å². The summed E-state index contributed by atoms with van der Waals surface area (Å²) in [6.07, 6.45) is 1.59. The smallest absolute Gasteiger partial charge is 0.261 e. The van der Waals surface area contributed by atoms with E-state index in [2.05, 4.69) is 5.32 Å². The van der Waals surface area contributed by atoms with Gasteiger partial charge in [0.15, 0.2) is 0 Å². The van der Waals surface area contributed by atoms with E-state index in [4.69, 9.17) is 5.73 Å². The van der Waals surface area contributed by atoms with Gasteiger partial charge in [0.1, 0.15) is 0 Å². The molecule has 1 aromatic carbocycles. The van der Waals surface area contributed by atoms with Gasteiger partial charge in [0.25, 0.3) is 11.8 Å². The van der Waals surface area contributed by atoms with E-state index in [0.29, 0.717) is 23.2 Å². The molecule has 112 valence electrons. The summed E-state index contributed by atoms with van der Waals surface area (Å²) < 4.78 is 0. The van der Waals surface area contributed by atoms with Gasteiger partial charge in [0.05, 0.1) is 17.0 Å². The van der Waals surface area contributed by atoms with Gasteiger partial charge in [-0.15, -0.1) is 0 Å². The van der Waals surface area contributed by atoms with Crippen LogP contribution < -0.4 is 11.1 Å². The lowest BCUT2D eigenvalue weighted by molar-refractivity contribution is -0.119. The van der Waals surface area contributed by atoms with Crippen LogP contribution in [0.25, 0.3) is 0 Å². The van der Waals surface area contributed by atoms with E-state index < -0.39 is 0 Å².